The van der Waals surface area contributed by atoms with Crippen molar-refractivity contribution in [2.45, 2.75) is 6.92 Å². The number of ether oxygens (including phenoxy) is 1. The van der Waals surface area contributed by atoms with E-state index in [2.05, 4.69) is 9.97 Å². The number of benzene rings is 1. The van der Waals surface area contributed by atoms with Crippen molar-refractivity contribution in [3.05, 3.63) is 37.8 Å². The molecule has 0 bridgehead atoms. The standard InChI is InChI=1S/C12H11IN2O3/c1-6-10(13)12(17)15-11(14-6)7-3-4-9(18-2)8(16)5-7/h3-5,16H,1-2H3,(H,14,15,17). The van der Waals surface area contributed by atoms with Gasteiger partial charge in [-0.15, -0.1) is 0 Å². The molecule has 0 spiro atoms. The second-order valence-corrected chi connectivity index (χ2v) is 4.78. The monoisotopic (exact) mass is 358 g/mol. The Bertz CT molecular complexity index is 652. The van der Waals surface area contributed by atoms with E-state index in [-0.39, 0.29) is 11.3 Å². The fourth-order valence-electron chi connectivity index (χ4n) is 1.55. The van der Waals surface area contributed by atoms with Crippen LogP contribution in [0.2, 0.25) is 0 Å². The summed E-state index contributed by atoms with van der Waals surface area (Å²) in [5.74, 6) is 0.813. The molecular weight excluding hydrogens is 347 g/mol. The lowest BCUT2D eigenvalue weighted by Gasteiger charge is -2.07. The van der Waals surface area contributed by atoms with Crippen molar-refractivity contribution in [1.82, 2.24) is 9.97 Å². The van der Waals surface area contributed by atoms with Gasteiger partial charge in [0.2, 0.25) is 0 Å². The van der Waals surface area contributed by atoms with E-state index in [1.807, 2.05) is 22.6 Å². The maximum absolute atomic E-state index is 11.7. The third-order valence-electron chi connectivity index (χ3n) is 2.48. The molecule has 0 radical (unpaired) electrons. The van der Waals surface area contributed by atoms with Crippen LogP contribution >= 0.6 is 22.6 Å². The number of phenolic OH excluding ortho intramolecular Hbond substituents is 1. The molecule has 0 saturated heterocycles. The Morgan fingerprint density at radius 2 is 2.17 bits per heavy atom. The number of hydrogen-bond donors (Lipinski definition) is 2. The summed E-state index contributed by atoms with van der Waals surface area (Å²) >= 11 is 1.95. The molecule has 18 heavy (non-hydrogen) atoms. The summed E-state index contributed by atoms with van der Waals surface area (Å²) in [5, 5.41) is 9.70. The van der Waals surface area contributed by atoms with Crippen LogP contribution in [0.4, 0.5) is 0 Å². The smallest absolute Gasteiger partial charge is 0.264 e. The van der Waals surface area contributed by atoms with Crippen LogP contribution in [0, 0.1) is 10.5 Å². The molecule has 0 fully saturated rings. The molecule has 1 aromatic heterocycles. The summed E-state index contributed by atoms with van der Waals surface area (Å²) in [6.45, 7) is 1.77. The second-order valence-electron chi connectivity index (χ2n) is 3.70. The highest BCUT2D eigenvalue weighted by Gasteiger charge is 2.09. The van der Waals surface area contributed by atoms with Gasteiger partial charge in [-0.1, -0.05) is 0 Å². The lowest BCUT2D eigenvalue weighted by atomic mass is 10.2. The molecule has 94 valence electrons. The molecule has 0 aliphatic heterocycles. The minimum atomic E-state index is -0.187. The van der Waals surface area contributed by atoms with Crippen LogP contribution in [0.5, 0.6) is 11.5 Å². The van der Waals surface area contributed by atoms with Crippen molar-refractivity contribution in [1.29, 1.82) is 0 Å². The van der Waals surface area contributed by atoms with E-state index in [0.29, 0.717) is 26.4 Å². The fourth-order valence-corrected chi connectivity index (χ4v) is 1.80. The highest BCUT2D eigenvalue weighted by atomic mass is 127. The quantitative estimate of drug-likeness (QED) is 0.806. The first-order valence-electron chi connectivity index (χ1n) is 5.16. The molecular formula is C12H11IN2O3. The molecule has 1 heterocycles. The molecule has 0 unspecified atom stereocenters. The molecule has 0 atom stereocenters. The van der Waals surface area contributed by atoms with Crippen molar-refractivity contribution < 1.29 is 9.84 Å². The topological polar surface area (TPSA) is 75.2 Å². The number of H-pyrrole nitrogens is 1. The van der Waals surface area contributed by atoms with Gasteiger partial charge in [0.1, 0.15) is 5.82 Å². The summed E-state index contributed by atoms with van der Waals surface area (Å²) in [5.41, 5.74) is 1.10. The van der Waals surface area contributed by atoms with Crippen molar-refractivity contribution in [2.24, 2.45) is 0 Å². The highest BCUT2D eigenvalue weighted by Crippen LogP contribution is 2.29. The molecule has 5 nitrogen and oxygen atoms in total. The number of aryl methyl sites for hydroxylation is 1. The Balaban J connectivity index is 2.56. The minimum absolute atomic E-state index is 0.00820. The molecule has 0 saturated carbocycles. The van der Waals surface area contributed by atoms with Crippen molar-refractivity contribution >= 4 is 22.6 Å². The number of methoxy groups -OCH3 is 1. The highest BCUT2D eigenvalue weighted by molar-refractivity contribution is 14.1. The van der Waals surface area contributed by atoms with Crippen molar-refractivity contribution in [2.75, 3.05) is 7.11 Å². The molecule has 2 rings (SSSR count). The van der Waals surface area contributed by atoms with Crippen LogP contribution < -0.4 is 10.3 Å². The van der Waals surface area contributed by atoms with Gasteiger partial charge in [0.05, 0.1) is 16.4 Å². The molecule has 2 N–H and O–H groups in total. The summed E-state index contributed by atoms with van der Waals surface area (Å²) in [7, 11) is 1.48. The number of nitrogens with one attached hydrogen (secondary N) is 1. The number of halogens is 1. The fraction of sp³-hybridized carbons (Fsp3) is 0.167. The van der Waals surface area contributed by atoms with Gasteiger partial charge in [0.15, 0.2) is 11.5 Å². The van der Waals surface area contributed by atoms with Crippen LogP contribution in [-0.4, -0.2) is 22.2 Å². The first-order valence-corrected chi connectivity index (χ1v) is 6.24. The van der Waals surface area contributed by atoms with E-state index in [4.69, 9.17) is 4.74 Å². The lowest BCUT2D eigenvalue weighted by molar-refractivity contribution is 0.373. The summed E-state index contributed by atoms with van der Waals surface area (Å²) in [6, 6.07) is 4.85. The minimum Gasteiger partial charge on any atom is -0.504 e. The van der Waals surface area contributed by atoms with E-state index in [1.54, 1.807) is 19.1 Å². The molecule has 6 heteroatoms. The Labute approximate surface area is 117 Å². The number of hydrogen-bond acceptors (Lipinski definition) is 4. The Morgan fingerprint density at radius 3 is 2.72 bits per heavy atom. The number of aromatic nitrogens is 2. The van der Waals surface area contributed by atoms with E-state index in [9.17, 15) is 9.90 Å². The van der Waals surface area contributed by atoms with E-state index in [1.165, 1.54) is 13.2 Å². The zero-order valence-electron chi connectivity index (χ0n) is 9.82. The molecule has 0 aliphatic carbocycles. The van der Waals surface area contributed by atoms with E-state index in [0.717, 1.165) is 0 Å². The Kier molecular flexibility index (Phi) is 3.55. The van der Waals surface area contributed by atoms with Crippen LogP contribution in [0.3, 0.4) is 0 Å². The molecule has 1 aromatic carbocycles. The first-order chi connectivity index (χ1) is 8.52. The van der Waals surface area contributed by atoms with Gasteiger partial charge in [0, 0.05) is 5.56 Å². The third kappa shape index (κ3) is 2.33. The Morgan fingerprint density at radius 1 is 1.44 bits per heavy atom. The van der Waals surface area contributed by atoms with Gasteiger partial charge < -0.3 is 14.8 Å². The summed E-state index contributed by atoms with van der Waals surface area (Å²) < 4.78 is 5.52. The number of phenols is 1. The molecule has 0 aliphatic rings. The predicted molar refractivity (Wildman–Crippen MR) is 76.0 cm³/mol. The van der Waals surface area contributed by atoms with Gasteiger partial charge >= 0.3 is 0 Å². The summed E-state index contributed by atoms with van der Waals surface area (Å²) in [6.07, 6.45) is 0. The van der Waals surface area contributed by atoms with Crippen LogP contribution in [0.1, 0.15) is 5.69 Å². The number of aromatic amines is 1. The maximum Gasteiger partial charge on any atom is 0.264 e. The SMILES string of the molecule is COc1ccc(-c2nc(C)c(I)c(=O)[nH]2)cc1O. The molecule has 0 amide bonds. The largest absolute Gasteiger partial charge is 0.504 e. The average molecular weight is 358 g/mol. The van der Waals surface area contributed by atoms with Gasteiger partial charge in [-0.25, -0.2) is 4.98 Å². The van der Waals surface area contributed by atoms with Crippen molar-refractivity contribution in [3.63, 3.8) is 0 Å². The molecule has 2 aromatic rings. The van der Waals surface area contributed by atoms with E-state index >= 15 is 0 Å². The predicted octanol–water partition coefficient (Wildman–Crippen LogP) is 2.06. The first kappa shape index (κ1) is 12.9. The Hall–Kier alpha value is -1.57. The average Bonchev–Trinajstić information content (AvgIpc) is 2.35. The second kappa shape index (κ2) is 4.97. The van der Waals surface area contributed by atoms with Crippen LogP contribution in [-0.2, 0) is 0 Å². The number of aromatic hydroxyl groups is 1. The van der Waals surface area contributed by atoms with Crippen LogP contribution in [0.15, 0.2) is 23.0 Å². The number of rotatable bonds is 2. The number of nitrogens with zero attached hydrogens (tertiary/aromatic N) is 1. The van der Waals surface area contributed by atoms with E-state index < -0.39 is 0 Å². The van der Waals surface area contributed by atoms with Crippen LogP contribution in [0.25, 0.3) is 11.4 Å². The van der Waals surface area contributed by atoms with Gasteiger partial charge in [-0.05, 0) is 47.7 Å². The third-order valence-corrected chi connectivity index (χ3v) is 3.75. The van der Waals surface area contributed by atoms with Crippen molar-refractivity contribution in [3.8, 4) is 22.9 Å². The van der Waals surface area contributed by atoms with Gasteiger partial charge in [0.25, 0.3) is 5.56 Å². The zero-order chi connectivity index (χ0) is 13.3. The zero-order valence-corrected chi connectivity index (χ0v) is 12.0. The summed E-state index contributed by atoms with van der Waals surface area (Å²) in [4.78, 5) is 18.6. The maximum atomic E-state index is 11.7. The normalized spacial score (nSPS) is 10.4. The van der Waals surface area contributed by atoms with Gasteiger partial charge in [-0.2, -0.15) is 0 Å². The van der Waals surface area contributed by atoms with Gasteiger partial charge in [-0.3, -0.25) is 4.79 Å². The lowest BCUT2D eigenvalue weighted by Crippen LogP contribution is -2.14.